The van der Waals surface area contributed by atoms with Gasteiger partial charge in [0, 0.05) is 44.3 Å². The molecule has 100 valence electrons. The Morgan fingerprint density at radius 1 is 1.11 bits per heavy atom. The zero-order valence-corrected chi connectivity index (χ0v) is 11.4. The number of pyridine rings is 1. The van der Waals surface area contributed by atoms with Gasteiger partial charge in [0.1, 0.15) is 0 Å². The van der Waals surface area contributed by atoms with E-state index in [1.807, 2.05) is 12.3 Å². The highest BCUT2D eigenvalue weighted by molar-refractivity contribution is 5.45. The Hall–Kier alpha value is -1.87. The van der Waals surface area contributed by atoms with E-state index in [4.69, 9.17) is 0 Å². The van der Waals surface area contributed by atoms with Gasteiger partial charge in [0.05, 0.1) is 0 Å². The SMILES string of the molecule is CCN(CCNCc1cccnc1)c1ccccc1. The Labute approximate surface area is 115 Å². The molecule has 0 bridgehead atoms. The molecule has 0 aliphatic heterocycles. The number of likely N-dealkylation sites (N-methyl/N-ethyl adjacent to an activating group) is 1. The van der Waals surface area contributed by atoms with Crippen LogP contribution in [0.2, 0.25) is 0 Å². The predicted octanol–water partition coefficient (Wildman–Crippen LogP) is 2.70. The van der Waals surface area contributed by atoms with Crippen LogP contribution < -0.4 is 10.2 Å². The van der Waals surface area contributed by atoms with Gasteiger partial charge < -0.3 is 10.2 Å². The molecule has 19 heavy (non-hydrogen) atoms. The standard InChI is InChI=1S/C16H21N3/c1-2-19(16-8-4-3-5-9-16)12-11-18-14-15-7-6-10-17-13-15/h3-10,13,18H,2,11-12,14H2,1H3. The lowest BCUT2D eigenvalue weighted by Crippen LogP contribution is -2.31. The minimum atomic E-state index is 0.875. The van der Waals surface area contributed by atoms with E-state index in [2.05, 4.69) is 58.5 Å². The highest BCUT2D eigenvalue weighted by Crippen LogP contribution is 2.11. The number of rotatable bonds is 7. The number of hydrogen-bond donors (Lipinski definition) is 1. The van der Waals surface area contributed by atoms with Crippen molar-refractivity contribution >= 4 is 5.69 Å². The number of nitrogens with zero attached hydrogens (tertiary/aromatic N) is 2. The van der Waals surface area contributed by atoms with Gasteiger partial charge in [0.15, 0.2) is 0 Å². The topological polar surface area (TPSA) is 28.2 Å². The lowest BCUT2D eigenvalue weighted by Gasteiger charge is -2.23. The Morgan fingerprint density at radius 2 is 1.95 bits per heavy atom. The molecule has 0 amide bonds. The van der Waals surface area contributed by atoms with Crippen molar-refractivity contribution in [2.75, 3.05) is 24.5 Å². The van der Waals surface area contributed by atoms with Gasteiger partial charge in [0.25, 0.3) is 0 Å². The first-order chi connectivity index (χ1) is 9.40. The van der Waals surface area contributed by atoms with Gasteiger partial charge in [-0.1, -0.05) is 24.3 Å². The fraction of sp³-hybridized carbons (Fsp3) is 0.312. The normalized spacial score (nSPS) is 10.4. The molecule has 0 radical (unpaired) electrons. The second-order valence-corrected chi connectivity index (χ2v) is 4.45. The summed E-state index contributed by atoms with van der Waals surface area (Å²) in [6, 6.07) is 14.6. The molecule has 0 saturated carbocycles. The largest absolute Gasteiger partial charge is 0.371 e. The van der Waals surface area contributed by atoms with Crippen molar-refractivity contribution < 1.29 is 0 Å². The molecule has 0 fully saturated rings. The fourth-order valence-corrected chi connectivity index (χ4v) is 2.06. The number of para-hydroxylation sites is 1. The molecule has 0 spiro atoms. The first-order valence-electron chi connectivity index (χ1n) is 6.79. The van der Waals surface area contributed by atoms with Crippen LogP contribution in [0.3, 0.4) is 0 Å². The summed E-state index contributed by atoms with van der Waals surface area (Å²) in [6.45, 7) is 6.07. The average molecular weight is 255 g/mol. The lowest BCUT2D eigenvalue weighted by molar-refractivity contribution is 0.664. The zero-order valence-electron chi connectivity index (χ0n) is 11.4. The predicted molar refractivity (Wildman–Crippen MR) is 80.3 cm³/mol. The molecule has 3 nitrogen and oxygen atoms in total. The first kappa shape index (κ1) is 13.6. The number of nitrogens with one attached hydrogen (secondary N) is 1. The van der Waals surface area contributed by atoms with Crippen molar-refractivity contribution in [1.29, 1.82) is 0 Å². The van der Waals surface area contributed by atoms with Crippen molar-refractivity contribution in [3.8, 4) is 0 Å². The third kappa shape index (κ3) is 4.38. The van der Waals surface area contributed by atoms with Crippen molar-refractivity contribution in [3.05, 3.63) is 60.4 Å². The van der Waals surface area contributed by atoms with Gasteiger partial charge in [-0.2, -0.15) is 0 Å². The molecule has 3 heteroatoms. The summed E-state index contributed by atoms with van der Waals surface area (Å²) in [5.41, 5.74) is 2.51. The molecule has 2 aromatic rings. The molecular formula is C16H21N3. The van der Waals surface area contributed by atoms with Gasteiger partial charge >= 0.3 is 0 Å². The molecule has 0 aliphatic carbocycles. The maximum atomic E-state index is 4.11. The second kappa shape index (κ2) is 7.54. The third-order valence-electron chi connectivity index (χ3n) is 3.11. The van der Waals surface area contributed by atoms with Gasteiger partial charge in [-0.25, -0.2) is 0 Å². The average Bonchev–Trinajstić information content (AvgIpc) is 2.49. The summed E-state index contributed by atoms with van der Waals surface area (Å²) in [5.74, 6) is 0. The van der Waals surface area contributed by atoms with Crippen molar-refractivity contribution in [1.82, 2.24) is 10.3 Å². The van der Waals surface area contributed by atoms with Crippen LogP contribution in [0, 0.1) is 0 Å². The molecule has 1 N–H and O–H groups in total. The van der Waals surface area contributed by atoms with Gasteiger partial charge in [0.2, 0.25) is 0 Å². The van der Waals surface area contributed by atoms with Crippen molar-refractivity contribution in [2.45, 2.75) is 13.5 Å². The van der Waals surface area contributed by atoms with Gasteiger partial charge in [-0.15, -0.1) is 0 Å². The van der Waals surface area contributed by atoms with E-state index in [1.165, 1.54) is 11.3 Å². The van der Waals surface area contributed by atoms with Crippen LogP contribution in [-0.2, 0) is 6.54 Å². The van der Waals surface area contributed by atoms with E-state index in [-0.39, 0.29) is 0 Å². The van der Waals surface area contributed by atoms with E-state index >= 15 is 0 Å². The van der Waals surface area contributed by atoms with Crippen LogP contribution in [0.15, 0.2) is 54.9 Å². The summed E-state index contributed by atoms with van der Waals surface area (Å²) in [7, 11) is 0. The summed E-state index contributed by atoms with van der Waals surface area (Å²) in [4.78, 5) is 6.48. The highest BCUT2D eigenvalue weighted by Gasteiger charge is 2.02. The number of anilines is 1. The quantitative estimate of drug-likeness (QED) is 0.771. The zero-order chi connectivity index (χ0) is 13.3. The third-order valence-corrected chi connectivity index (χ3v) is 3.11. The Morgan fingerprint density at radius 3 is 2.63 bits per heavy atom. The summed E-state index contributed by atoms with van der Waals surface area (Å²) >= 11 is 0. The number of aromatic nitrogens is 1. The van der Waals surface area contributed by atoms with Crippen LogP contribution in [0.1, 0.15) is 12.5 Å². The lowest BCUT2D eigenvalue weighted by atomic mass is 10.2. The molecule has 1 heterocycles. The Balaban J connectivity index is 1.75. The first-order valence-corrected chi connectivity index (χ1v) is 6.79. The Bertz CT molecular complexity index is 456. The van der Waals surface area contributed by atoms with Crippen LogP contribution >= 0.6 is 0 Å². The van der Waals surface area contributed by atoms with Crippen molar-refractivity contribution in [3.63, 3.8) is 0 Å². The van der Waals surface area contributed by atoms with Crippen LogP contribution in [0.4, 0.5) is 5.69 Å². The van der Waals surface area contributed by atoms with Crippen LogP contribution in [0.25, 0.3) is 0 Å². The molecule has 0 atom stereocenters. The smallest absolute Gasteiger partial charge is 0.0366 e. The van der Waals surface area contributed by atoms with E-state index in [0.29, 0.717) is 0 Å². The minimum absolute atomic E-state index is 0.875. The van der Waals surface area contributed by atoms with Crippen molar-refractivity contribution in [2.24, 2.45) is 0 Å². The highest BCUT2D eigenvalue weighted by atomic mass is 15.1. The molecule has 2 rings (SSSR count). The molecule has 0 aliphatic rings. The summed E-state index contributed by atoms with van der Waals surface area (Å²) in [6.07, 6.45) is 3.71. The molecular weight excluding hydrogens is 234 g/mol. The maximum absolute atomic E-state index is 4.11. The molecule has 1 aromatic heterocycles. The van der Waals surface area contributed by atoms with E-state index in [1.54, 1.807) is 6.20 Å². The van der Waals surface area contributed by atoms with Crippen LogP contribution in [0.5, 0.6) is 0 Å². The van der Waals surface area contributed by atoms with E-state index in [9.17, 15) is 0 Å². The number of hydrogen-bond acceptors (Lipinski definition) is 3. The minimum Gasteiger partial charge on any atom is -0.371 e. The van der Waals surface area contributed by atoms with Crippen LogP contribution in [-0.4, -0.2) is 24.6 Å². The second-order valence-electron chi connectivity index (χ2n) is 4.45. The summed E-state index contributed by atoms with van der Waals surface area (Å²) in [5, 5.41) is 3.45. The fourth-order valence-electron chi connectivity index (χ4n) is 2.06. The maximum Gasteiger partial charge on any atom is 0.0366 e. The molecule has 0 saturated heterocycles. The van der Waals surface area contributed by atoms with Gasteiger partial charge in [-0.05, 0) is 30.7 Å². The number of benzene rings is 1. The Kier molecular flexibility index (Phi) is 5.38. The molecule has 1 aromatic carbocycles. The van der Waals surface area contributed by atoms with Gasteiger partial charge in [-0.3, -0.25) is 4.98 Å². The summed E-state index contributed by atoms with van der Waals surface area (Å²) < 4.78 is 0. The van der Waals surface area contributed by atoms with E-state index in [0.717, 1.165) is 26.2 Å². The van der Waals surface area contributed by atoms with E-state index < -0.39 is 0 Å². The molecule has 0 unspecified atom stereocenters. The monoisotopic (exact) mass is 255 g/mol.